The Balaban J connectivity index is 2.51. The largest absolute Gasteiger partial charge is 0.412 e. The summed E-state index contributed by atoms with van der Waals surface area (Å²) in [5.74, 6) is 0. The van der Waals surface area contributed by atoms with Gasteiger partial charge in [0.2, 0.25) is 0 Å². The van der Waals surface area contributed by atoms with E-state index in [1.165, 1.54) is 25.3 Å². The summed E-state index contributed by atoms with van der Waals surface area (Å²) in [7, 11) is -1.21. The zero-order valence-electron chi connectivity index (χ0n) is 8.24. The van der Waals surface area contributed by atoms with Crippen LogP contribution in [0.1, 0.15) is 33.1 Å². The van der Waals surface area contributed by atoms with E-state index in [9.17, 15) is 0 Å². The van der Waals surface area contributed by atoms with E-state index < -0.39 is 8.32 Å². The van der Waals surface area contributed by atoms with Crippen molar-refractivity contribution in [2.75, 3.05) is 0 Å². The van der Waals surface area contributed by atoms with Crippen LogP contribution >= 0.6 is 0 Å². The lowest BCUT2D eigenvalue weighted by Gasteiger charge is -2.27. The van der Waals surface area contributed by atoms with Gasteiger partial charge in [0.25, 0.3) is 0 Å². The fourth-order valence-corrected chi connectivity index (χ4v) is 4.81. The average molecular weight is 172 g/mol. The van der Waals surface area contributed by atoms with Gasteiger partial charge in [-0.3, -0.25) is 0 Å². The van der Waals surface area contributed by atoms with E-state index in [1.54, 1.807) is 0 Å². The summed E-state index contributed by atoms with van der Waals surface area (Å²) in [5, 5.41) is 0. The first-order valence-corrected chi connectivity index (χ1v) is 7.79. The fourth-order valence-electron chi connectivity index (χ4n) is 2.04. The maximum Gasteiger partial charge on any atom is 0.187 e. The highest BCUT2D eigenvalue weighted by molar-refractivity contribution is 6.71. The Labute approximate surface area is 71.3 Å². The van der Waals surface area contributed by atoms with E-state index in [0.29, 0.717) is 0 Å². The molecule has 0 amide bonds. The van der Waals surface area contributed by atoms with Crippen molar-refractivity contribution in [1.29, 1.82) is 0 Å². The first kappa shape index (κ1) is 9.27. The van der Waals surface area contributed by atoms with Crippen LogP contribution in [-0.4, -0.2) is 13.9 Å². The molecule has 1 aliphatic rings. The zero-order valence-corrected chi connectivity index (χ0v) is 9.24. The van der Waals surface area contributed by atoms with E-state index in [0.717, 1.165) is 0 Å². The van der Waals surface area contributed by atoms with Gasteiger partial charge in [-0.2, -0.15) is 0 Å². The van der Waals surface area contributed by atoms with Gasteiger partial charge in [0.1, 0.15) is 0 Å². The summed E-state index contributed by atoms with van der Waals surface area (Å²) in [6.45, 7) is 9.17. The molecular weight excluding hydrogens is 152 g/mol. The second-order valence-corrected chi connectivity index (χ2v) is 8.79. The van der Waals surface area contributed by atoms with Gasteiger partial charge in [0, 0.05) is 0 Å². The van der Waals surface area contributed by atoms with Crippen molar-refractivity contribution in [2.45, 2.75) is 57.8 Å². The molecule has 0 aliphatic carbocycles. The molecule has 0 aromatic rings. The minimum absolute atomic E-state index is 0.241. The quantitative estimate of drug-likeness (QED) is 0.581. The maximum atomic E-state index is 6.12. The number of hydrogen-bond donors (Lipinski definition) is 0. The average Bonchev–Trinajstić information content (AvgIpc) is 2.07. The lowest BCUT2D eigenvalue weighted by atomic mass is 9.98. The number of hydrogen-bond acceptors (Lipinski definition) is 1. The van der Waals surface area contributed by atoms with Gasteiger partial charge in [0.05, 0.1) is 5.60 Å². The van der Waals surface area contributed by atoms with Crippen LogP contribution in [0.15, 0.2) is 0 Å². The molecule has 2 heteroatoms. The highest BCUT2D eigenvalue weighted by Crippen LogP contribution is 2.38. The van der Waals surface area contributed by atoms with Crippen LogP contribution in [0.4, 0.5) is 0 Å². The smallest absolute Gasteiger partial charge is 0.187 e. The normalized spacial score (nSPS) is 36.0. The third-order valence-corrected chi connectivity index (χ3v) is 5.06. The Morgan fingerprint density at radius 3 is 2.45 bits per heavy atom. The maximum absolute atomic E-state index is 6.12. The Morgan fingerprint density at radius 2 is 2.09 bits per heavy atom. The topological polar surface area (TPSA) is 9.23 Å². The monoisotopic (exact) mass is 172 g/mol. The Bertz CT molecular complexity index is 144. The first-order valence-electron chi connectivity index (χ1n) is 4.68. The molecule has 1 aliphatic heterocycles. The molecule has 0 saturated carbocycles. The predicted molar refractivity (Wildman–Crippen MR) is 51.3 cm³/mol. The summed E-state index contributed by atoms with van der Waals surface area (Å²) >= 11 is 0. The Hall–Kier alpha value is 0.177. The van der Waals surface area contributed by atoms with Crippen LogP contribution in [0, 0.1) is 0 Å². The molecule has 1 heterocycles. The van der Waals surface area contributed by atoms with Crippen LogP contribution in [0.5, 0.6) is 0 Å². The second-order valence-electron chi connectivity index (χ2n) is 4.56. The minimum atomic E-state index is -1.21. The molecule has 0 spiro atoms. The van der Waals surface area contributed by atoms with Crippen LogP contribution in [0.25, 0.3) is 0 Å². The molecule has 0 radical (unpaired) electrons. The van der Waals surface area contributed by atoms with Crippen LogP contribution in [0.2, 0.25) is 19.1 Å². The van der Waals surface area contributed by atoms with Crippen LogP contribution in [-0.2, 0) is 4.43 Å². The predicted octanol–water partition coefficient (Wildman–Crippen LogP) is 3.17. The van der Waals surface area contributed by atoms with Crippen molar-refractivity contribution in [3.63, 3.8) is 0 Å². The van der Waals surface area contributed by atoms with Crippen molar-refractivity contribution in [1.82, 2.24) is 0 Å². The van der Waals surface area contributed by atoms with Gasteiger partial charge in [0.15, 0.2) is 8.32 Å². The van der Waals surface area contributed by atoms with E-state index in [2.05, 4.69) is 26.9 Å². The zero-order chi connectivity index (χ0) is 8.54. The molecular formula is C9H20OSi. The lowest BCUT2D eigenvalue weighted by molar-refractivity contribution is 0.0950. The molecule has 0 aromatic carbocycles. The molecule has 0 bridgehead atoms. The lowest BCUT2D eigenvalue weighted by Crippen LogP contribution is -2.32. The molecule has 1 nitrogen and oxygen atoms in total. The standard InChI is InChI=1S/C9H20OSi/c1-5-6-9(2)7-8-11(3,4)10-9/h5-8H2,1-4H3. The first-order chi connectivity index (χ1) is 4.97. The van der Waals surface area contributed by atoms with Gasteiger partial charge in [-0.15, -0.1) is 0 Å². The molecule has 1 fully saturated rings. The summed E-state index contributed by atoms with van der Waals surface area (Å²) in [4.78, 5) is 0. The summed E-state index contributed by atoms with van der Waals surface area (Å²) in [5.41, 5.74) is 0.241. The van der Waals surface area contributed by atoms with Gasteiger partial charge in [-0.05, 0) is 38.9 Å². The van der Waals surface area contributed by atoms with E-state index >= 15 is 0 Å². The van der Waals surface area contributed by atoms with E-state index in [4.69, 9.17) is 4.43 Å². The minimum Gasteiger partial charge on any atom is -0.412 e. The van der Waals surface area contributed by atoms with E-state index in [1.807, 2.05) is 0 Å². The molecule has 66 valence electrons. The molecule has 11 heavy (non-hydrogen) atoms. The van der Waals surface area contributed by atoms with Crippen molar-refractivity contribution >= 4 is 8.32 Å². The molecule has 1 unspecified atom stereocenters. The Morgan fingerprint density at radius 1 is 1.45 bits per heavy atom. The summed E-state index contributed by atoms with van der Waals surface area (Å²) in [6.07, 6.45) is 3.78. The molecule has 0 N–H and O–H groups in total. The van der Waals surface area contributed by atoms with Crippen LogP contribution in [0.3, 0.4) is 0 Å². The Kier molecular flexibility index (Phi) is 2.45. The molecule has 1 saturated heterocycles. The molecule has 1 atom stereocenters. The summed E-state index contributed by atoms with van der Waals surface area (Å²) in [6, 6.07) is 1.35. The van der Waals surface area contributed by atoms with Gasteiger partial charge in [-0.1, -0.05) is 13.3 Å². The van der Waals surface area contributed by atoms with Gasteiger partial charge in [-0.25, -0.2) is 0 Å². The van der Waals surface area contributed by atoms with Gasteiger partial charge >= 0.3 is 0 Å². The number of rotatable bonds is 2. The molecule has 1 rings (SSSR count). The van der Waals surface area contributed by atoms with Crippen molar-refractivity contribution in [3.05, 3.63) is 0 Å². The SMILES string of the molecule is CCCC1(C)CC[Si](C)(C)O1. The van der Waals surface area contributed by atoms with Crippen molar-refractivity contribution < 1.29 is 4.43 Å². The van der Waals surface area contributed by atoms with Gasteiger partial charge < -0.3 is 4.43 Å². The van der Waals surface area contributed by atoms with Crippen molar-refractivity contribution in [3.8, 4) is 0 Å². The molecule has 0 aromatic heterocycles. The second kappa shape index (κ2) is 2.90. The third-order valence-electron chi connectivity index (χ3n) is 2.56. The fraction of sp³-hybridized carbons (Fsp3) is 1.00. The highest BCUT2D eigenvalue weighted by atomic mass is 28.4. The highest BCUT2D eigenvalue weighted by Gasteiger charge is 2.41. The third kappa shape index (κ3) is 2.31. The van der Waals surface area contributed by atoms with Crippen LogP contribution < -0.4 is 0 Å². The van der Waals surface area contributed by atoms with Crippen molar-refractivity contribution in [2.24, 2.45) is 0 Å². The van der Waals surface area contributed by atoms with E-state index in [-0.39, 0.29) is 5.60 Å². The summed E-state index contributed by atoms with van der Waals surface area (Å²) < 4.78 is 6.12.